The fraction of sp³-hybridized carbons (Fsp3) is 0.444. The molecule has 1 aromatic rings. The summed E-state index contributed by atoms with van der Waals surface area (Å²) < 4.78 is 31.2. The van der Waals surface area contributed by atoms with Crippen LogP contribution >= 0.6 is 7.82 Å². The summed E-state index contributed by atoms with van der Waals surface area (Å²) in [4.78, 5) is 42.5. The van der Waals surface area contributed by atoms with Crippen molar-refractivity contribution in [2.24, 2.45) is 0 Å². The van der Waals surface area contributed by atoms with E-state index in [1.54, 1.807) is 13.0 Å². The SMILES string of the molecule is C/C=C(\C)C(=O)OCC1O[C@@H](OC(=O)c2ccccc2N)C(O)C(OP(=O)(O)O)[C@@H]1O. The van der Waals surface area contributed by atoms with Crippen LogP contribution in [0.3, 0.4) is 0 Å². The minimum atomic E-state index is -5.17. The molecular formula is C18H24NO11P. The van der Waals surface area contributed by atoms with E-state index in [0.29, 0.717) is 0 Å². The fourth-order valence-corrected chi connectivity index (χ4v) is 3.23. The van der Waals surface area contributed by atoms with Gasteiger partial charge in [-0.3, -0.25) is 4.52 Å². The number of nitrogen functional groups attached to an aromatic ring is 1. The number of hydrogen-bond acceptors (Lipinski definition) is 10. The van der Waals surface area contributed by atoms with Gasteiger partial charge >= 0.3 is 19.8 Å². The molecule has 12 nitrogen and oxygen atoms in total. The second-order valence-electron chi connectivity index (χ2n) is 6.65. The number of benzene rings is 1. The van der Waals surface area contributed by atoms with E-state index in [4.69, 9.17) is 29.7 Å². The topological polar surface area (TPSA) is 195 Å². The van der Waals surface area contributed by atoms with E-state index in [2.05, 4.69) is 4.52 Å². The Bertz CT molecular complexity index is 883. The first-order chi connectivity index (χ1) is 14.4. The molecule has 0 saturated carbocycles. The maximum atomic E-state index is 12.4. The van der Waals surface area contributed by atoms with E-state index in [0.717, 1.165) is 0 Å². The lowest BCUT2D eigenvalue weighted by atomic mass is 9.99. The van der Waals surface area contributed by atoms with Crippen molar-refractivity contribution in [1.29, 1.82) is 0 Å². The quantitative estimate of drug-likeness (QED) is 0.156. The molecule has 31 heavy (non-hydrogen) atoms. The first-order valence-corrected chi connectivity index (χ1v) is 10.6. The monoisotopic (exact) mass is 461 g/mol. The highest BCUT2D eigenvalue weighted by Crippen LogP contribution is 2.41. The Balaban J connectivity index is 2.23. The van der Waals surface area contributed by atoms with Gasteiger partial charge in [-0.2, -0.15) is 0 Å². The van der Waals surface area contributed by atoms with Crippen LogP contribution in [0.4, 0.5) is 5.69 Å². The number of ether oxygens (including phenoxy) is 3. The molecule has 0 aliphatic carbocycles. The molecule has 2 rings (SSSR count). The first kappa shape index (κ1) is 25.0. The average molecular weight is 461 g/mol. The molecular weight excluding hydrogens is 437 g/mol. The highest BCUT2D eigenvalue weighted by molar-refractivity contribution is 7.46. The van der Waals surface area contributed by atoms with Gasteiger partial charge in [0.1, 0.15) is 31.0 Å². The third-order valence-electron chi connectivity index (χ3n) is 4.44. The molecule has 3 unspecified atom stereocenters. The number of aliphatic hydroxyl groups excluding tert-OH is 2. The van der Waals surface area contributed by atoms with Gasteiger partial charge in [-0.25, -0.2) is 14.2 Å². The van der Waals surface area contributed by atoms with Crippen LogP contribution in [-0.4, -0.2) is 69.3 Å². The predicted octanol–water partition coefficient (Wildman–Crippen LogP) is -0.140. The molecule has 6 N–H and O–H groups in total. The lowest BCUT2D eigenvalue weighted by molar-refractivity contribution is -0.283. The van der Waals surface area contributed by atoms with Crippen molar-refractivity contribution in [2.75, 3.05) is 12.3 Å². The van der Waals surface area contributed by atoms with E-state index in [9.17, 15) is 24.4 Å². The molecule has 5 atom stereocenters. The number of para-hydroxylation sites is 1. The minimum absolute atomic E-state index is 0.0523. The number of carbonyl (C=O) groups excluding carboxylic acids is 2. The fourth-order valence-electron chi connectivity index (χ4n) is 2.66. The van der Waals surface area contributed by atoms with Crippen LogP contribution in [0.5, 0.6) is 0 Å². The van der Waals surface area contributed by atoms with Crippen molar-refractivity contribution in [1.82, 2.24) is 0 Å². The molecule has 0 amide bonds. The number of nitrogens with two attached hydrogens (primary N) is 1. The minimum Gasteiger partial charge on any atom is -0.459 e. The van der Waals surface area contributed by atoms with Crippen LogP contribution in [0.2, 0.25) is 0 Å². The number of rotatable bonds is 7. The van der Waals surface area contributed by atoms with Gasteiger partial charge in [0.2, 0.25) is 6.29 Å². The van der Waals surface area contributed by atoms with Gasteiger partial charge < -0.3 is 39.9 Å². The van der Waals surface area contributed by atoms with Gasteiger partial charge in [-0.05, 0) is 26.0 Å². The van der Waals surface area contributed by atoms with Crippen LogP contribution in [0, 0.1) is 0 Å². The zero-order chi connectivity index (χ0) is 23.3. The standard InChI is InChI=1S/C18H24NO11P/c1-3-9(2)16(22)27-8-12-13(20)15(30-31(24,25)26)14(21)18(28-12)29-17(23)10-6-4-5-7-11(10)19/h3-7,12-15,18,20-21H,8,19H2,1-2H3,(H2,24,25,26)/b9-3+/t12?,13-,14?,15?,18+/m1/s1. The largest absolute Gasteiger partial charge is 0.470 e. The molecule has 172 valence electrons. The van der Waals surface area contributed by atoms with Gasteiger partial charge in [0.15, 0.2) is 0 Å². The molecule has 1 aliphatic rings. The molecule has 0 bridgehead atoms. The predicted molar refractivity (Wildman–Crippen MR) is 104 cm³/mol. The molecule has 1 saturated heterocycles. The summed E-state index contributed by atoms with van der Waals surface area (Å²) in [6.45, 7) is 2.51. The van der Waals surface area contributed by atoms with Gasteiger partial charge in [0, 0.05) is 11.3 Å². The Morgan fingerprint density at radius 3 is 2.45 bits per heavy atom. The zero-order valence-electron chi connectivity index (χ0n) is 16.7. The Morgan fingerprint density at radius 1 is 1.23 bits per heavy atom. The third kappa shape index (κ3) is 6.58. The van der Waals surface area contributed by atoms with Crippen molar-refractivity contribution >= 4 is 25.4 Å². The Morgan fingerprint density at radius 2 is 1.87 bits per heavy atom. The maximum absolute atomic E-state index is 12.4. The molecule has 13 heteroatoms. The van der Waals surface area contributed by atoms with E-state index >= 15 is 0 Å². The number of anilines is 1. The number of phosphoric acid groups is 1. The van der Waals surface area contributed by atoms with Crippen LogP contribution in [0.15, 0.2) is 35.9 Å². The Labute approximate surface area is 177 Å². The van der Waals surface area contributed by atoms with E-state index in [1.807, 2.05) is 0 Å². The summed E-state index contributed by atoms with van der Waals surface area (Å²) in [5.74, 6) is -1.74. The molecule has 1 heterocycles. The van der Waals surface area contributed by atoms with Crippen LogP contribution in [-0.2, 0) is 28.1 Å². The molecule has 0 aromatic heterocycles. The number of hydrogen-bond donors (Lipinski definition) is 5. The molecule has 1 aliphatic heterocycles. The Hall–Kier alpha value is -2.31. The van der Waals surface area contributed by atoms with Crippen LogP contribution in [0.25, 0.3) is 0 Å². The van der Waals surface area contributed by atoms with Crippen LogP contribution < -0.4 is 5.73 Å². The second kappa shape index (κ2) is 10.3. The highest BCUT2D eigenvalue weighted by atomic mass is 31.2. The molecule has 1 aromatic carbocycles. The highest BCUT2D eigenvalue weighted by Gasteiger charge is 2.50. The van der Waals surface area contributed by atoms with E-state index < -0.39 is 57.1 Å². The zero-order valence-corrected chi connectivity index (χ0v) is 17.5. The number of carbonyl (C=O) groups is 2. The van der Waals surface area contributed by atoms with Gasteiger partial charge in [0.25, 0.3) is 0 Å². The van der Waals surface area contributed by atoms with Crippen molar-refractivity contribution in [3.63, 3.8) is 0 Å². The number of allylic oxidation sites excluding steroid dienone is 1. The van der Waals surface area contributed by atoms with Gasteiger partial charge in [0.05, 0.1) is 5.56 Å². The van der Waals surface area contributed by atoms with Crippen molar-refractivity contribution in [3.8, 4) is 0 Å². The van der Waals surface area contributed by atoms with Gasteiger partial charge in [-0.1, -0.05) is 18.2 Å². The lowest BCUT2D eigenvalue weighted by Gasteiger charge is -2.41. The summed E-state index contributed by atoms with van der Waals surface area (Å²) in [6.07, 6.45) is -7.53. The molecule has 0 radical (unpaired) electrons. The number of esters is 2. The second-order valence-corrected chi connectivity index (χ2v) is 7.84. The van der Waals surface area contributed by atoms with Crippen LogP contribution in [0.1, 0.15) is 24.2 Å². The summed E-state index contributed by atoms with van der Waals surface area (Å²) in [7, 11) is -5.17. The normalized spacial score (nSPS) is 26.9. The summed E-state index contributed by atoms with van der Waals surface area (Å²) in [5.41, 5.74) is 5.99. The lowest BCUT2D eigenvalue weighted by Crippen LogP contribution is -2.60. The van der Waals surface area contributed by atoms with Crippen molar-refractivity contribution in [2.45, 2.75) is 44.6 Å². The smallest absolute Gasteiger partial charge is 0.459 e. The molecule has 1 fully saturated rings. The van der Waals surface area contributed by atoms with Crippen molar-refractivity contribution < 1.29 is 52.9 Å². The number of phosphoric ester groups is 1. The third-order valence-corrected chi connectivity index (χ3v) is 4.96. The summed E-state index contributed by atoms with van der Waals surface area (Å²) in [6, 6.07) is 5.88. The summed E-state index contributed by atoms with van der Waals surface area (Å²) in [5, 5.41) is 20.7. The van der Waals surface area contributed by atoms with E-state index in [-0.39, 0.29) is 16.8 Å². The number of aliphatic hydroxyl groups is 2. The van der Waals surface area contributed by atoms with Gasteiger partial charge in [-0.15, -0.1) is 0 Å². The van der Waals surface area contributed by atoms with E-state index in [1.165, 1.54) is 31.2 Å². The first-order valence-electron chi connectivity index (χ1n) is 9.05. The average Bonchev–Trinajstić information content (AvgIpc) is 2.70. The maximum Gasteiger partial charge on any atom is 0.470 e. The Kier molecular flexibility index (Phi) is 8.32. The molecule has 0 spiro atoms. The van der Waals surface area contributed by atoms with Crippen molar-refractivity contribution in [3.05, 3.63) is 41.5 Å². The summed E-state index contributed by atoms with van der Waals surface area (Å²) >= 11 is 0.